The molecular formula is C50H96O6. The molecule has 0 aromatic rings. The third-order valence-corrected chi connectivity index (χ3v) is 11.2. The highest BCUT2D eigenvalue weighted by molar-refractivity contribution is 5.71. The molecule has 1 atom stereocenters. The van der Waals surface area contributed by atoms with Crippen LogP contribution in [0.25, 0.3) is 0 Å². The van der Waals surface area contributed by atoms with Crippen LogP contribution in [0.2, 0.25) is 0 Å². The first-order valence-electron chi connectivity index (χ1n) is 24.7. The summed E-state index contributed by atoms with van der Waals surface area (Å²) in [7, 11) is 0. The van der Waals surface area contributed by atoms with Crippen molar-refractivity contribution >= 4 is 17.9 Å². The fourth-order valence-electron chi connectivity index (χ4n) is 7.46. The van der Waals surface area contributed by atoms with Gasteiger partial charge in [0.2, 0.25) is 0 Å². The maximum Gasteiger partial charge on any atom is 0.306 e. The minimum absolute atomic E-state index is 0.0646. The summed E-state index contributed by atoms with van der Waals surface area (Å²) in [6.07, 6.45) is 42.4. The third kappa shape index (κ3) is 43.5. The zero-order valence-electron chi connectivity index (χ0n) is 38.3. The van der Waals surface area contributed by atoms with E-state index in [0.29, 0.717) is 19.3 Å². The van der Waals surface area contributed by atoms with E-state index >= 15 is 0 Å². The van der Waals surface area contributed by atoms with E-state index < -0.39 is 6.10 Å². The van der Waals surface area contributed by atoms with Crippen LogP contribution in [0.5, 0.6) is 0 Å². The molecule has 0 saturated carbocycles. The number of hydrogen-bond donors (Lipinski definition) is 0. The summed E-state index contributed by atoms with van der Waals surface area (Å²) in [5.74, 6) is 0.748. The summed E-state index contributed by atoms with van der Waals surface area (Å²) in [4.78, 5) is 37.8. The molecule has 0 radical (unpaired) electrons. The molecule has 0 aliphatic carbocycles. The maximum absolute atomic E-state index is 12.7. The van der Waals surface area contributed by atoms with Gasteiger partial charge in [-0.1, -0.05) is 234 Å². The maximum atomic E-state index is 12.7. The van der Waals surface area contributed by atoms with Crippen molar-refractivity contribution in [2.75, 3.05) is 13.2 Å². The van der Waals surface area contributed by atoms with E-state index in [-0.39, 0.29) is 31.1 Å². The fraction of sp³-hybridized carbons (Fsp3) is 0.940. The smallest absolute Gasteiger partial charge is 0.306 e. The van der Waals surface area contributed by atoms with E-state index in [1.165, 1.54) is 161 Å². The molecule has 0 saturated heterocycles. The van der Waals surface area contributed by atoms with Gasteiger partial charge in [-0.15, -0.1) is 0 Å². The molecule has 332 valence electrons. The highest BCUT2D eigenvalue weighted by Crippen LogP contribution is 2.17. The Bertz CT molecular complexity index is 854. The zero-order chi connectivity index (χ0) is 41.2. The van der Waals surface area contributed by atoms with Crippen molar-refractivity contribution < 1.29 is 28.6 Å². The molecule has 0 aromatic carbocycles. The molecule has 56 heavy (non-hydrogen) atoms. The van der Waals surface area contributed by atoms with Crippen LogP contribution in [0.4, 0.5) is 0 Å². The van der Waals surface area contributed by atoms with Gasteiger partial charge in [0.15, 0.2) is 6.10 Å². The van der Waals surface area contributed by atoms with Crippen molar-refractivity contribution in [2.24, 2.45) is 11.8 Å². The molecule has 0 bridgehead atoms. The monoisotopic (exact) mass is 793 g/mol. The Morgan fingerprint density at radius 1 is 0.339 bits per heavy atom. The van der Waals surface area contributed by atoms with E-state index in [4.69, 9.17) is 14.2 Å². The van der Waals surface area contributed by atoms with Crippen molar-refractivity contribution in [3.8, 4) is 0 Å². The van der Waals surface area contributed by atoms with Crippen LogP contribution in [-0.4, -0.2) is 37.2 Å². The second-order valence-electron chi connectivity index (χ2n) is 18.1. The fourth-order valence-corrected chi connectivity index (χ4v) is 7.46. The van der Waals surface area contributed by atoms with E-state index in [1.54, 1.807) is 0 Å². The van der Waals surface area contributed by atoms with Gasteiger partial charge >= 0.3 is 17.9 Å². The topological polar surface area (TPSA) is 78.9 Å². The third-order valence-electron chi connectivity index (χ3n) is 11.2. The van der Waals surface area contributed by atoms with E-state index in [2.05, 4.69) is 34.6 Å². The highest BCUT2D eigenvalue weighted by Gasteiger charge is 2.19. The minimum atomic E-state index is -0.761. The first kappa shape index (κ1) is 54.4. The van der Waals surface area contributed by atoms with Crippen LogP contribution >= 0.6 is 0 Å². The first-order valence-corrected chi connectivity index (χ1v) is 24.7. The Morgan fingerprint density at radius 2 is 0.589 bits per heavy atom. The number of ether oxygens (including phenoxy) is 3. The number of rotatable bonds is 44. The Labute approximate surface area is 348 Å². The van der Waals surface area contributed by atoms with Gasteiger partial charge in [-0.2, -0.15) is 0 Å². The lowest BCUT2D eigenvalue weighted by molar-refractivity contribution is -0.167. The summed E-state index contributed by atoms with van der Waals surface area (Å²) in [5, 5.41) is 0. The molecule has 0 amide bonds. The summed E-state index contributed by atoms with van der Waals surface area (Å²) < 4.78 is 16.8. The molecule has 6 nitrogen and oxygen atoms in total. The van der Waals surface area contributed by atoms with Crippen LogP contribution in [0, 0.1) is 11.8 Å². The van der Waals surface area contributed by atoms with Gasteiger partial charge in [-0.25, -0.2) is 0 Å². The van der Waals surface area contributed by atoms with Crippen molar-refractivity contribution in [1.82, 2.24) is 0 Å². The van der Waals surface area contributed by atoms with Crippen LogP contribution in [0.1, 0.15) is 272 Å². The van der Waals surface area contributed by atoms with E-state index in [0.717, 1.165) is 69.6 Å². The Hall–Kier alpha value is -1.59. The van der Waals surface area contributed by atoms with Gasteiger partial charge in [-0.05, 0) is 31.1 Å². The second-order valence-corrected chi connectivity index (χ2v) is 18.1. The normalized spacial score (nSPS) is 12.1. The van der Waals surface area contributed by atoms with Crippen molar-refractivity contribution in [2.45, 2.75) is 278 Å². The van der Waals surface area contributed by atoms with Gasteiger partial charge in [0.05, 0.1) is 0 Å². The molecule has 0 heterocycles. The average Bonchev–Trinajstić information content (AvgIpc) is 3.16. The zero-order valence-corrected chi connectivity index (χ0v) is 38.3. The summed E-state index contributed by atoms with van der Waals surface area (Å²) >= 11 is 0. The first-order chi connectivity index (χ1) is 27.2. The summed E-state index contributed by atoms with van der Waals surface area (Å²) in [5.41, 5.74) is 0. The number of esters is 3. The van der Waals surface area contributed by atoms with Gasteiger partial charge in [0.25, 0.3) is 0 Å². The van der Waals surface area contributed by atoms with Crippen LogP contribution in [0.3, 0.4) is 0 Å². The van der Waals surface area contributed by atoms with Crippen LogP contribution in [0.15, 0.2) is 0 Å². The average molecular weight is 793 g/mol. The van der Waals surface area contributed by atoms with Crippen molar-refractivity contribution in [3.63, 3.8) is 0 Å². The summed E-state index contributed by atoms with van der Waals surface area (Å²) in [6, 6.07) is 0. The van der Waals surface area contributed by atoms with Gasteiger partial charge < -0.3 is 14.2 Å². The molecule has 6 heteroatoms. The molecule has 0 aliphatic heterocycles. The lowest BCUT2D eigenvalue weighted by atomic mass is 10.0. The molecule has 0 aliphatic rings. The summed E-state index contributed by atoms with van der Waals surface area (Å²) in [6.45, 7) is 11.3. The molecule has 0 spiro atoms. The predicted molar refractivity (Wildman–Crippen MR) is 238 cm³/mol. The number of carbonyl (C=O) groups excluding carboxylic acids is 3. The standard InChI is InChI=1S/C50H96O6/c1-6-7-8-9-10-11-12-13-14-15-16-19-25-30-35-40-48(51)54-43-47(44-55-49(52)41-36-31-26-22-21-24-29-34-39-46(4)5)56-50(53)42-37-32-27-20-17-18-23-28-33-38-45(2)3/h45-47H,6-44H2,1-5H3/t47-/m0/s1. The van der Waals surface area contributed by atoms with E-state index in [9.17, 15) is 14.4 Å². The predicted octanol–water partition coefficient (Wildman–Crippen LogP) is 15.8. The van der Waals surface area contributed by atoms with Crippen LogP contribution < -0.4 is 0 Å². The van der Waals surface area contributed by atoms with Crippen LogP contribution in [-0.2, 0) is 28.6 Å². The second kappa shape index (κ2) is 43.0. The van der Waals surface area contributed by atoms with Gasteiger partial charge in [-0.3, -0.25) is 14.4 Å². The number of unbranched alkanes of at least 4 members (excludes halogenated alkanes) is 29. The molecular weight excluding hydrogens is 697 g/mol. The minimum Gasteiger partial charge on any atom is -0.462 e. The molecule has 0 unspecified atom stereocenters. The number of carbonyl (C=O) groups is 3. The number of hydrogen-bond acceptors (Lipinski definition) is 6. The quantitative estimate of drug-likeness (QED) is 0.0347. The lowest BCUT2D eigenvalue weighted by Gasteiger charge is -2.18. The van der Waals surface area contributed by atoms with Gasteiger partial charge in [0, 0.05) is 19.3 Å². The SMILES string of the molecule is CCCCCCCCCCCCCCCCCC(=O)OC[C@@H](COC(=O)CCCCCCCCCCC(C)C)OC(=O)CCCCCCCCCCCC(C)C. The van der Waals surface area contributed by atoms with Crippen molar-refractivity contribution in [3.05, 3.63) is 0 Å². The molecule has 0 aromatic heterocycles. The molecule has 0 fully saturated rings. The molecule has 0 rings (SSSR count). The highest BCUT2D eigenvalue weighted by atomic mass is 16.6. The Balaban J connectivity index is 4.31. The molecule has 0 N–H and O–H groups in total. The Kier molecular flexibility index (Phi) is 41.8. The largest absolute Gasteiger partial charge is 0.462 e. The Morgan fingerprint density at radius 3 is 0.875 bits per heavy atom. The van der Waals surface area contributed by atoms with Gasteiger partial charge in [0.1, 0.15) is 13.2 Å². The van der Waals surface area contributed by atoms with Crippen molar-refractivity contribution in [1.29, 1.82) is 0 Å². The lowest BCUT2D eigenvalue weighted by Crippen LogP contribution is -2.30. The van der Waals surface area contributed by atoms with E-state index in [1.807, 2.05) is 0 Å².